The molecule has 0 radical (unpaired) electrons. The van der Waals surface area contributed by atoms with Crippen molar-refractivity contribution in [1.29, 1.82) is 0 Å². The number of aromatic nitrogens is 4. The van der Waals surface area contributed by atoms with Crippen molar-refractivity contribution in [2.75, 3.05) is 11.1 Å². The minimum absolute atomic E-state index is 0.169. The zero-order chi connectivity index (χ0) is 16.4. The SMILES string of the molecule is Cc1cc(=O)[nH]c2nnc(SCC(=O)Nc3ccc(Cl)cc3)n12. The first-order valence-electron chi connectivity index (χ1n) is 6.66. The lowest BCUT2D eigenvalue weighted by atomic mass is 10.3. The molecule has 0 saturated heterocycles. The van der Waals surface area contributed by atoms with Crippen LogP contribution in [0.25, 0.3) is 5.78 Å². The molecule has 1 amide bonds. The van der Waals surface area contributed by atoms with Crippen molar-refractivity contribution in [3.05, 3.63) is 51.4 Å². The second kappa shape index (κ2) is 6.43. The molecule has 23 heavy (non-hydrogen) atoms. The van der Waals surface area contributed by atoms with E-state index in [2.05, 4.69) is 20.5 Å². The summed E-state index contributed by atoms with van der Waals surface area (Å²) in [4.78, 5) is 26.0. The van der Waals surface area contributed by atoms with Gasteiger partial charge in [-0.2, -0.15) is 0 Å². The molecule has 0 fully saturated rings. The van der Waals surface area contributed by atoms with Crippen LogP contribution >= 0.6 is 23.4 Å². The molecule has 0 bridgehead atoms. The predicted octanol–water partition coefficient (Wildman–Crippen LogP) is 2.11. The van der Waals surface area contributed by atoms with E-state index in [-0.39, 0.29) is 17.2 Å². The number of fused-ring (bicyclic) bond motifs is 1. The normalized spacial score (nSPS) is 10.9. The van der Waals surface area contributed by atoms with Crippen LogP contribution in [-0.2, 0) is 4.79 Å². The highest BCUT2D eigenvalue weighted by molar-refractivity contribution is 7.99. The highest BCUT2D eigenvalue weighted by atomic mass is 35.5. The largest absolute Gasteiger partial charge is 0.325 e. The average Bonchev–Trinajstić information content (AvgIpc) is 2.91. The van der Waals surface area contributed by atoms with Crippen LogP contribution < -0.4 is 10.9 Å². The topological polar surface area (TPSA) is 92.2 Å². The molecule has 3 rings (SSSR count). The number of carbonyl (C=O) groups is 1. The maximum atomic E-state index is 12.0. The fraction of sp³-hybridized carbons (Fsp3) is 0.143. The number of halogens is 1. The Morgan fingerprint density at radius 1 is 1.35 bits per heavy atom. The van der Waals surface area contributed by atoms with Crippen molar-refractivity contribution in [3.8, 4) is 0 Å². The Morgan fingerprint density at radius 3 is 2.83 bits per heavy atom. The monoisotopic (exact) mass is 349 g/mol. The number of anilines is 1. The number of benzene rings is 1. The van der Waals surface area contributed by atoms with Crippen molar-refractivity contribution in [2.24, 2.45) is 0 Å². The fourth-order valence-corrected chi connectivity index (χ4v) is 2.94. The van der Waals surface area contributed by atoms with E-state index in [9.17, 15) is 9.59 Å². The molecule has 0 aliphatic carbocycles. The smallest absolute Gasteiger partial charge is 0.252 e. The Balaban J connectivity index is 1.69. The summed E-state index contributed by atoms with van der Waals surface area (Å²) in [5, 5.41) is 11.8. The van der Waals surface area contributed by atoms with E-state index >= 15 is 0 Å². The lowest BCUT2D eigenvalue weighted by Crippen LogP contribution is -2.14. The molecule has 0 spiro atoms. The third-order valence-electron chi connectivity index (χ3n) is 3.02. The maximum absolute atomic E-state index is 12.0. The first-order chi connectivity index (χ1) is 11.0. The van der Waals surface area contributed by atoms with E-state index < -0.39 is 0 Å². The number of hydrogen-bond donors (Lipinski definition) is 2. The van der Waals surface area contributed by atoms with Gasteiger partial charge in [-0.3, -0.25) is 19.0 Å². The second-order valence-electron chi connectivity index (χ2n) is 4.76. The molecule has 0 saturated carbocycles. The van der Waals surface area contributed by atoms with Crippen LogP contribution in [0.5, 0.6) is 0 Å². The van der Waals surface area contributed by atoms with Crippen LogP contribution in [0.4, 0.5) is 5.69 Å². The quantitative estimate of drug-likeness (QED) is 0.704. The lowest BCUT2D eigenvalue weighted by molar-refractivity contribution is -0.113. The summed E-state index contributed by atoms with van der Waals surface area (Å²) in [7, 11) is 0. The molecule has 1 aromatic carbocycles. The molecule has 2 heterocycles. The van der Waals surface area contributed by atoms with Gasteiger partial charge in [0.2, 0.25) is 11.7 Å². The molecular formula is C14H12ClN5O2S. The molecule has 0 aliphatic heterocycles. The Labute approximate surface area is 140 Å². The number of thioether (sulfide) groups is 1. The maximum Gasteiger partial charge on any atom is 0.252 e. The molecular weight excluding hydrogens is 338 g/mol. The van der Waals surface area contributed by atoms with Crippen LogP contribution in [0.2, 0.25) is 5.02 Å². The molecule has 118 valence electrons. The second-order valence-corrected chi connectivity index (χ2v) is 6.14. The van der Waals surface area contributed by atoms with Crippen LogP contribution in [-0.4, -0.2) is 31.2 Å². The van der Waals surface area contributed by atoms with Crippen molar-refractivity contribution >= 4 is 40.7 Å². The Hall–Kier alpha value is -2.32. The number of aromatic amines is 1. The summed E-state index contributed by atoms with van der Waals surface area (Å²) in [5.41, 5.74) is 1.14. The first kappa shape index (κ1) is 15.6. The van der Waals surface area contributed by atoms with E-state index in [1.807, 2.05) is 0 Å². The van der Waals surface area contributed by atoms with Gasteiger partial charge in [-0.1, -0.05) is 23.4 Å². The van der Waals surface area contributed by atoms with Crippen LogP contribution in [0, 0.1) is 6.92 Å². The lowest BCUT2D eigenvalue weighted by Gasteiger charge is -2.05. The van der Waals surface area contributed by atoms with E-state index in [0.29, 0.717) is 27.3 Å². The number of carbonyl (C=O) groups excluding carboxylic acids is 1. The number of H-pyrrole nitrogens is 1. The summed E-state index contributed by atoms with van der Waals surface area (Å²) in [6.45, 7) is 1.78. The first-order valence-corrected chi connectivity index (χ1v) is 8.02. The summed E-state index contributed by atoms with van der Waals surface area (Å²) < 4.78 is 1.70. The van der Waals surface area contributed by atoms with E-state index in [4.69, 9.17) is 11.6 Å². The van der Waals surface area contributed by atoms with Gasteiger partial charge in [0.05, 0.1) is 5.75 Å². The van der Waals surface area contributed by atoms with Gasteiger partial charge in [-0.15, -0.1) is 10.2 Å². The Morgan fingerprint density at radius 2 is 2.09 bits per heavy atom. The van der Waals surface area contributed by atoms with E-state index in [1.54, 1.807) is 35.6 Å². The van der Waals surface area contributed by atoms with Crippen molar-refractivity contribution < 1.29 is 4.79 Å². The van der Waals surface area contributed by atoms with Gasteiger partial charge in [-0.05, 0) is 31.2 Å². The molecule has 0 unspecified atom stereocenters. The number of rotatable bonds is 4. The van der Waals surface area contributed by atoms with Gasteiger partial charge in [0.25, 0.3) is 5.56 Å². The molecule has 2 N–H and O–H groups in total. The average molecular weight is 350 g/mol. The Bertz CT molecular complexity index is 919. The predicted molar refractivity (Wildman–Crippen MR) is 89.2 cm³/mol. The molecule has 7 nitrogen and oxygen atoms in total. The number of nitrogens with zero attached hydrogens (tertiary/aromatic N) is 3. The summed E-state index contributed by atoms with van der Waals surface area (Å²) >= 11 is 7.03. The third-order valence-corrected chi connectivity index (χ3v) is 4.20. The number of amides is 1. The number of hydrogen-bond acceptors (Lipinski definition) is 5. The molecule has 9 heteroatoms. The summed E-state index contributed by atoms with van der Waals surface area (Å²) in [6.07, 6.45) is 0. The van der Waals surface area contributed by atoms with E-state index in [0.717, 1.165) is 0 Å². The fourth-order valence-electron chi connectivity index (χ4n) is 2.02. The van der Waals surface area contributed by atoms with Crippen molar-refractivity contribution in [2.45, 2.75) is 12.1 Å². The highest BCUT2D eigenvalue weighted by Crippen LogP contribution is 2.18. The van der Waals surface area contributed by atoms with Gasteiger partial charge in [-0.25, -0.2) is 0 Å². The standard InChI is InChI=1S/C14H12ClN5O2S/c1-8-6-11(21)17-13-18-19-14(20(8)13)23-7-12(22)16-10-4-2-9(15)3-5-10/h2-6H,7H2,1H3,(H,16,22)(H,17,18,21). The van der Waals surface area contributed by atoms with E-state index in [1.165, 1.54) is 17.8 Å². The molecule has 3 aromatic rings. The third kappa shape index (κ3) is 3.54. The van der Waals surface area contributed by atoms with Gasteiger partial charge < -0.3 is 5.32 Å². The van der Waals surface area contributed by atoms with Crippen LogP contribution in [0.15, 0.2) is 40.3 Å². The molecule has 0 aliphatic rings. The Kier molecular flexibility index (Phi) is 4.35. The number of nitrogens with one attached hydrogen (secondary N) is 2. The number of aryl methyl sites for hydroxylation is 1. The molecule has 0 atom stereocenters. The zero-order valence-electron chi connectivity index (χ0n) is 12.0. The summed E-state index contributed by atoms with van der Waals surface area (Å²) in [5.74, 6) is 0.355. The van der Waals surface area contributed by atoms with Gasteiger partial charge in [0.1, 0.15) is 0 Å². The summed E-state index contributed by atoms with van der Waals surface area (Å²) in [6, 6.07) is 8.32. The minimum Gasteiger partial charge on any atom is -0.325 e. The zero-order valence-corrected chi connectivity index (χ0v) is 13.6. The molecule has 2 aromatic heterocycles. The minimum atomic E-state index is -0.237. The van der Waals surface area contributed by atoms with Crippen molar-refractivity contribution in [1.82, 2.24) is 19.6 Å². The van der Waals surface area contributed by atoms with Gasteiger partial charge >= 0.3 is 0 Å². The van der Waals surface area contributed by atoms with Crippen LogP contribution in [0.1, 0.15) is 5.69 Å². The van der Waals surface area contributed by atoms with Gasteiger partial charge in [0, 0.05) is 22.5 Å². The van der Waals surface area contributed by atoms with Crippen LogP contribution in [0.3, 0.4) is 0 Å². The highest BCUT2D eigenvalue weighted by Gasteiger charge is 2.12. The van der Waals surface area contributed by atoms with Gasteiger partial charge in [0.15, 0.2) is 5.16 Å². The van der Waals surface area contributed by atoms with Crippen molar-refractivity contribution in [3.63, 3.8) is 0 Å².